The van der Waals surface area contributed by atoms with Gasteiger partial charge in [-0.15, -0.1) is 0 Å². The molecule has 0 bridgehead atoms. The molecule has 0 amide bonds. The van der Waals surface area contributed by atoms with Crippen LogP contribution in [0.3, 0.4) is 0 Å². The summed E-state index contributed by atoms with van der Waals surface area (Å²) in [7, 11) is 0. The van der Waals surface area contributed by atoms with Gasteiger partial charge in [0.05, 0.1) is 0 Å². The molecule has 2 heterocycles. The Morgan fingerprint density at radius 3 is 2.52 bits per heavy atom. The van der Waals surface area contributed by atoms with Gasteiger partial charge >= 0.3 is 0 Å². The molecule has 2 aromatic rings. The third kappa shape index (κ3) is 3.82. The van der Waals surface area contributed by atoms with E-state index in [1.165, 1.54) is 5.56 Å². The van der Waals surface area contributed by atoms with Crippen LogP contribution in [0.25, 0.3) is 0 Å². The molecule has 1 aliphatic heterocycles. The van der Waals surface area contributed by atoms with Crippen LogP contribution in [0.5, 0.6) is 0 Å². The number of nitrogens with one attached hydrogen (secondary N) is 1. The van der Waals surface area contributed by atoms with Gasteiger partial charge in [0.1, 0.15) is 0 Å². The molecule has 110 valence electrons. The fraction of sp³-hybridized carbons (Fsp3) is 0.353. The first-order valence-corrected chi connectivity index (χ1v) is 7.81. The zero-order chi connectivity index (χ0) is 14.5. The van der Waals surface area contributed by atoms with Crippen LogP contribution < -0.4 is 5.32 Å². The van der Waals surface area contributed by atoms with Gasteiger partial charge in [0.15, 0.2) is 0 Å². The molecule has 1 aromatic carbocycles. The van der Waals surface area contributed by atoms with Gasteiger partial charge in [-0.25, -0.2) is 0 Å². The molecule has 1 aliphatic rings. The van der Waals surface area contributed by atoms with Crippen LogP contribution in [0.1, 0.15) is 17.3 Å². The maximum Gasteiger partial charge on any atom is 0.0422 e. The van der Waals surface area contributed by atoms with Crippen molar-refractivity contribution in [3.05, 3.63) is 64.9 Å². The molecular weight excluding hydrogens is 282 g/mol. The Morgan fingerprint density at radius 1 is 1.10 bits per heavy atom. The number of nitrogens with zero attached hydrogens (tertiary/aromatic N) is 2. The van der Waals surface area contributed by atoms with Crippen LogP contribution >= 0.6 is 11.6 Å². The molecule has 3 rings (SSSR count). The van der Waals surface area contributed by atoms with Gasteiger partial charge in [0, 0.05) is 55.6 Å². The normalized spacial score (nSPS) is 17.6. The summed E-state index contributed by atoms with van der Waals surface area (Å²) in [6.45, 7) is 4.23. The Balaban J connectivity index is 1.84. The van der Waals surface area contributed by atoms with Gasteiger partial charge in [-0.05, 0) is 29.8 Å². The number of piperazine rings is 1. The monoisotopic (exact) mass is 301 g/mol. The van der Waals surface area contributed by atoms with Crippen molar-refractivity contribution in [1.82, 2.24) is 15.2 Å². The van der Waals surface area contributed by atoms with Gasteiger partial charge in [0.2, 0.25) is 0 Å². The second-order valence-electron chi connectivity index (χ2n) is 5.38. The smallest absolute Gasteiger partial charge is 0.0422 e. The molecule has 0 saturated carbocycles. The Morgan fingerprint density at radius 2 is 1.86 bits per heavy atom. The third-order valence-corrected chi connectivity index (χ3v) is 4.23. The van der Waals surface area contributed by atoms with Crippen LogP contribution in [-0.4, -0.2) is 36.1 Å². The van der Waals surface area contributed by atoms with E-state index in [2.05, 4.69) is 39.5 Å². The van der Waals surface area contributed by atoms with Crippen LogP contribution in [-0.2, 0) is 6.42 Å². The van der Waals surface area contributed by atoms with Crippen molar-refractivity contribution in [3.63, 3.8) is 0 Å². The number of benzene rings is 1. The van der Waals surface area contributed by atoms with Gasteiger partial charge in [-0.2, -0.15) is 0 Å². The highest BCUT2D eigenvalue weighted by atomic mass is 35.5. The van der Waals surface area contributed by atoms with E-state index >= 15 is 0 Å². The first kappa shape index (κ1) is 14.5. The standard InChI is InChI=1S/C17H20ClN3/c18-15-6-4-14(5-7-15)17(21-11-9-19-10-12-21)13-16-3-1-2-8-20-16/h1-8,17,19H,9-13H2. The Hall–Kier alpha value is -1.42. The fourth-order valence-corrected chi connectivity index (χ4v) is 2.98. The second-order valence-corrected chi connectivity index (χ2v) is 5.81. The van der Waals surface area contributed by atoms with Gasteiger partial charge in [0.25, 0.3) is 0 Å². The summed E-state index contributed by atoms with van der Waals surface area (Å²) in [5.74, 6) is 0. The summed E-state index contributed by atoms with van der Waals surface area (Å²) in [6.07, 6.45) is 2.80. The zero-order valence-electron chi connectivity index (χ0n) is 12.0. The molecule has 1 aromatic heterocycles. The lowest BCUT2D eigenvalue weighted by Crippen LogP contribution is -2.45. The van der Waals surface area contributed by atoms with Gasteiger partial charge in [-0.3, -0.25) is 9.88 Å². The van der Waals surface area contributed by atoms with Crippen molar-refractivity contribution in [2.75, 3.05) is 26.2 Å². The molecule has 1 N–H and O–H groups in total. The summed E-state index contributed by atoms with van der Waals surface area (Å²) < 4.78 is 0. The van der Waals surface area contributed by atoms with E-state index in [0.29, 0.717) is 6.04 Å². The van der Waals surface area contributed by atoms with E-state index in [-0.39, 0.29) is 0 Å². The fourth-order valence-electron chi connectivity index (χ4n) is 2.85. The van der Waals surface area contributed by atoms with E-state index < -0.39 is 0 Å². The predicted octanol–water partition coefficient (Wildman–Crippen LogP) is 2.92. The molecule has 1 saturated heterocycles. The Kier molecular flexibility index (Phi) is 4.86. The van der Waals surface area contributed by atoms with Crippen molar-refractivity contribution in [1.29, 1.82) is 0 Å². The number of halogens is 1. The highest BCUT2D eigenvalue weighted by Crippen LogP contribution is 2.26. The average molecular weight is 302 g/mol. The predicted molar refractivity (Wildman–Crippen MR) is 86.6 cm³/mol. The van der Waals surface area contributed by atoms with Crippen LogP contribution in [0.4, 0.5) is 0 Å². The van der Waals surface area contributed by atoms with Gasteiger partial charge < -0.3 is 5.32 Å². The van der Waals surface area contributed by atoms with Crippen molar-refractivity contribution in [2.45, 2.75) is 12.5 Å². The largest absolute Gasteiger partial charge is 0.314 e. The van der Waals surface area contributed by atoms with E-state index in [0.717, 1.165) is 43.3 Å². The van der Waals surface area contributed by atoms with Crippen molar-refractivity contribution in [3.8, 4) is 0 Å². The molecule has 1 atom stereocenters. The molecule has 0 radical (unpaired) electrons. The SMILES string of the molecule is Clc1ccc(C(Cc2ccccn2)N2CCNCC2)cc1. The number of pyridine rings is 1. The first-order valence-electron chi connectivity index (χ1n) is 7.43. The number of hydrogen-bond donors (Lipinski definition) is 1. The molecule has 4 heteroatoms. The lowest BCUT2D eigenvalue weighted by molar-refractivity contribution is 0.171. The Bertz CT molecular complexity index is 550. The molecule has 0 aliphatic carbocycles. The molecule has 3 nitrogen and oxygen atoms in total. The summed E-state index contributed by atoms with van der Waals surface area (Å²) in [6, 6.07) is 14.7. The highest BCUT2D eigenvalue weighted by Gasteiger charge is 2.22. The van der Waals surface area contributed by atoms with Crippen molar-refractivity contribution < 1.29 is 0 Å². The lowest BCUT2D eigenvalue weighted by atomic mass is 9.99. The number of rotatable bonds is 4. The molecule has 1 unspecified atom stereocenters. The van der Waals surface area contributed by atoms with Crippen LogP contribution in [0.2, 0.25) is 5.02 Å². The number of hydrogen-bond acceptors (Lipinski definition) is 3. The zero-order valence-corrected chi connectivity index (χ0v) is 12.8. The maximum absolute atomic E-state index is 6.03. The summed E-state index contributed by atoms with van der Waals surface area (Å²) >= 11 is 6.03. The van der Waals surface area contributed by atoms with Crippen LogP contribution in [0.15, 0.2) is 48.7 Å². The first-order chi connectivity index (χ1) is 10.3. The number of aromatic nitrogens is 1. The molecule has 1 fully saturated rings. The second kappa shape index (κ2) is 7.03. The van der Waals surface area contributed by atoms with E-state index in [1.807, 2.05) is 24.4 Å². The van der Waals surface area contributed by atoms with Crippen molar-refractivity contribution >= 4 is 11.6 Å². The van der Waals surface area contributed by atoms with Crippen molar-refractivity contribution in [2.24, 2.45) is 0 Å². The van der Waals surface area contributed by atoms with E-state index in [4.69, 9.17) is 11.6 Å². The van der Waals surface area contributed by atoms with E-state index in [9.17, 15) is 0 Å². The minimum atomic E-state index is 0.360. The lowest BCUT2D eigenvalue weighted by Gasteiger charge is -2.35. The van der Waals surface area contributed by atoms with E-state index in [1.54, 1.807) is 0 Å². The summed E-state index contributed by atoms with van der Waals surface area (Å²) in [4.78, 5) is 7.02. The average Bonchev–Trinajstić information content (AvgIpc) is 2.55. The van der Waals surface area contributed by atoms with Gasteiger partial charge in [-0.1, -0.05) is 29.8 Å². The quantitative estimate of drug-likeness (QED) is 0.941. The molecule has 21 heavy (non-hydrogen) atoms. The topological polar surface area (TPSA) is 28.2 Å². The highest BCUT2D eigenvalue weighted by molar-refractivity contribution is 6.30. The maximum atomic E-state index is 6.03. The molecular formula is C17H20ClN3. The molecule has 0 spiro atoms. The minimum Gasteiger partial charge on any atom is -0.314 e. The third-order valence-electron chi connectivity index (χ3n) is 3.98. The Labute approximate surface area is 131 Å². The van der Waals surface area contributed by atoms with Crippen LogP contribution in [0, 0.1) is 0 Å². The minimum absolute atomic E-state index is 0.360. The summed E-state index contributed by atoms with van der Waals surface area (Å²) in [5.41, 5.74) is 2.45. The summed E-state index contributed by atoms with van der Waals surface area (Å²) in [5, 5.41) is 4.20.